The second kappa shape index (κ2) is 11.6. The molecule has 0 aromatic heterocycles. The maximum absolute atomic E-state index is 10.4. The molecule has 0 saturated heterocycles. The van der Waals surface area contributed by atoms with Crippen molar-refractivity contribution in [1.82, 2.24) is 0 Å². The third-order valence-corrected chi connectivity index (χ3v) is 2.13. The van der Waals surface area contributed by atoms with E-state index in [4.69, 9.17) is 0 Å². The summed E-state index contributed by atoms with van der Waals surface area (Å²) in [5, 5.41) is 0. The van der Waals surface area contributed by atoms with Crippen molar-refractivity contribution in [3.8, 4) is 0 Å². The second-order valence-corrected chi connectivity index (χ2v) is 3.62. The van der Waals surface area contributed by atoms with Gasteiger partial charge in [0.05, 0.1) is 0 Å². The Balaban J connectivity index is 0. The van der Waals surface area contributed by atoms with Crippen LogP contribution in [0.15, 0.2) is 22.8 Å². The average Bonchev–Trinajstić information content (AvgIpc) is 2.43. The van der Waals surface area contributed by atoms with Crippen LogP contribution in [0.5, 0.6) is 0 Å². The summed E-state index contributed by atoms with van der Waals surface area (Å²) in [7, 11) is 0. The minimum atomic E-state index is -0.338. The zero-order valence-electron chi connectivity index (χ0n) is 11.4. The van der Waals surface area contributed by atoms with E-state index in [1.165, 1.54) is 0 Å². The Hall–Kier alpha value is -1.84. The quantitative estimate of drug-likeness (QED) is 0.314. The first-order valence-corrected chi connectivity index (χ1v) is 5.73. The number of hydrogen-bond donors (Lipinski definition) is 0. The average molecular weight is 252 g/mol. The lowest BCUT2D eigenvalue weighted by Crippen LogP contribution is -1.92. The Morgan fingerprint density at radius 1 is 0.889 bits per heavy atom. The van der Waals surface area contributed by atoms with Crippen molar-refractivity contribution < 1.29 is 19.2 Å². The summed E-state index contributed by atoms with van der Waals surface area (Å²) in [4.78, 5) is 39.9. The Morgan fingerprint density at radius 2 is 1.44 bits per heavy atom. The Kier molecular flexibility index (Phi) is 12.0. The number of rotatable bonds is 6. The van der Waals surface area contributed by atoms with E-state index in [1.54, 1.807) is 26.8 Å². The summed E-state index contributed by atoms with van der Waals surface area (Å²) < 4.78 is 0. The molecule has 4 heteroatoms. The molecule has 4 nitrogen and oxygen atoms in total. The highest BCUT2D eigenvalue weighted by Gasteiger charge is 1.96. The highest BCUT2D eigenvalue weighted by molar-refractivity contribution is 6.24. The van der Waals surface area contributed by atoms with E-state index in [9.17, 15) is 19.2 Å². The molecule has 0 radical (unpaired) electrons. The van der Waals surface area contributed by atoms with Crippen molar-refractivity contribution in [1.29, 1.82) is 0 Å². The van der Waals surface area contributed by atoms with Crippen molar-refractivity contribution in [3.63, 3.8) is 0 Å². The number of Topliss-reactive ketones (excluding diaryl/α,β-unsaturated/α-hetero) is 1. The third-order valence-electron chi connectivity index (χ3n) is 2.13. The number of allylic oxidation sites excluding steroid dienone is 4. The van der Waals surface area contributed by atoms with Crippen LogP contribution < -0.4 is 0 Å². The minimum absolute atomic E-state index is 0.323. The summed E-state index contributed by atoms with van der Waals surface area (Å²) >= 11 is 0. The third kappa shape index (κ3) is 9.39. The fourth-order valence-electron chi connectivity index (χ4n) is 0.963. The van der Waals surface area contributed by atoms with E-state index < -0.39 is 0 Å². The van der Waals surface area contributed by atoms with E-state index in [2.05, 4.69) is 0 Å². The first-order valence-electron chi connectivity index (χ1n) is 5.73. The zero-order valence-corrected chi connectivity index (χ0v) is 11.4. The molecular weight excluding hydrogens is 232 g/mol. The first kappa shape index (κ1) is 18.5. The van der Waals surface area contributed by atoms with Crippen molar-refractivity contribution in [2.24, 2.45) is 0 Å². The second-order valence-electron chi connectivity index (χ2n) is 3.62. The lowest BCUT2D eigenvalue weighted by molar-refractivity contribution is -0.129. The van der Waals surface area contributed by atoms with Gasteiger partial charge in [0.25, 0.3) is 0 Å². The number of hydrogen-bond acceptors (Lipinski definition) is 4. The largest absolute Gasteiger partial charge is 0.298 e. The van der Waals surface area contributed by atoms with E-state index >= 15 is 0 Å². The predicted molar refractivity (Wildman–Crippen MR) is 70.2 cm³/mol. The van der Waals surface area contributed by atoms with Crippen molar-refractivity contribution in [3.05, 3.63) is 22.8 Å². The van der Waals surface area contributed by atoms with E-state index in [0.717, 1.165) is 24.6 Å². The molecule has 0 spiro atoms. The van der Waals surface area contributed by atoms with Gasteiger partial charge < -0.3 is 0 Å². The molecule has 0 amide bonds. The molecule has 0 aromatic rings. The predicted octanol–water partition coefficient (Wildman–Crippen LogP) is 2.22. The molecule has 18 heavy (non-hydrogen) atoms. The maximum atomic E-state index is 10.4. The van der Waals surface area contributed by atoms with Crippen LogP contribution in [0.2, 0.25) is 0 Å². The van der Waals surface area contributed by atoms with Crippen LogP contribution in [0, 0.1) is 0 Å². The normalized spacial score (nSPS) is 11.7. The van der Waals surface area contributed by atoms with E-state index in [0.29, 0.717) is 23.9 Å². The van der Waals surface area contributed by atoms with Crippen LogP contribution in [0.3, 0.4) is 0 Å². The summed E-state index contributed by atoms with van der Waals surface area (Å²) in [6.45, 7) is 7.08. The number of aldehydes is 3. The number of carbonyl (C=O) groups excluding carboxylic acids is 4. The molecule has 0 bridgehead atoms. The summed E-state index contributed by atoms with van der Waals surface area (Å²) in [6.07, 6.45) is 4.77. The Morgan fingerprint density at radius 3 is 1.67 bits per heavy atom. The first-order chi connectivity index (χ1) is 8.46. The summed E-state index contributed by atoms with van der Waals surface area (Å²) in [5.74, 6) is -0.338. The van der Waals surface area contributed by atoms with Gasteiger partial charge in [0, 0.05) is 6.42 Å². The van der Waals surface area contributed by atoms with Crippen molar-refractivity contribution in [2.45, 2.75) is 40.5 Å². The van der Waals surface area contributed by atoms with Crippen molar-refractivity contribution >= 4 is 24.6 Å². The number of ketones is 1. The molecule has 0 unspecified atom stereocenters. The molecule has 0 N–H and O–H groups in total. The topological polar surface area (TPSA) is 68.3 Å². The molecule has 0 heterocycles. The maximum Gasteiger partial charge on any atom is 0.194 e. The van der Waals surface area contributed by atoms with Gasteiger partial charge in [-0.1, -0.05) is 19.9 Å². The van der Waals surface area contributed by atoms with Gasteiger partial charge in [-0.05, 0) is 37.0 Å². The van der Waals surface area contributed by atoms with Crippen LogP contribution in [0.25, 0.3) is 0 Å². The highest BCUT2D eigenvalue weighted by Crippen LogP contribution is 2.09. The van der Waals surface area contributed by atoms with Crippen molar-refractivity contribution in [2.75, 3.05) is 0 Å². The fraction of sp³-hybridized carbons (Fsp3) is 0.429. The molecule has 0 aromatic carbocycles. The van der Waals surface area contributed by atoms with E-state index in [1.807, 2.05) is 6.92 Å². The molecule has 0 aliphatic rings. The van der Waals surface area contributed by atoms with E-state index in [-0.39, 0.29) is 5.78 Å². The SMILES string of the molecule is CCC(=O)C=O.CCC(C=C(C)C=O)=C(C)C=O. The summed E-state index contributed by atoms with van der Waals surface area (Å²) in [5.41, 5.74) is 2.27. The monoisotopic (exact) mass is 252 g/mol. The van der Waals surface area contributed by atoms with Crippen LogP contribution in [-0.2, 0) is 19.2 Å². The molecule has 100 valence electrons. The highest BCUT2D eigenvalue weighted by atomic mass is 16.2. The molecule has 0 aliphatic heterocycles. The van der Waals surface area contributed by atoms with Gasteiger partial charge in [-0.3, -0.25) is 19.2 Å². The van der Waals surface area contributed by atoms with Gasteiger partial charge in [-0.15, -0.1) is 0 Å². The Labute approximate surface area is 108 Å². The zero-order chi connectivity index (χ0) is 14.6. The van der Waals surface area contributed by atoms with Crippen LogP contribution in [0.1, 0.15) is 40.5 Å². The molecule has 0 atom stereocenters. The lowest BCUT2D eigenvalue weighted by atomic mass is 10.1. The Bertz CT molecular complexity index is 362. The summed E-state index contributed by atoms with van der Waals surface area (Å²) in [6, 6.07) is 0. The smallest absolute Gasteiger partial charge is 0.194 e. The number of carbonyl (C=O) groups is 4. The van der Waals surface area contributed by atoms with Gasteiger partial charge in [-0.2, -0.15) is 0 Å². The van der Waals surface area contributed by atoms with Gasteiger partial charge >= 0.3 is 0 Å². The standard InChI is InChI=1S/C10H14O2.C4H6O2/c1-4-10(9(3)7-12)5-8(2)6-11;1-2-4(6)3-5/h5-7H,4H2,1-3H3;3H,2H2,1H3. The minimum Gasteiger partial charge on any atom is -0.298 e. The van der Waals surface area contributed by atoms with Gasteiger partial charge in [0.1, 0.15) is 12.6 Å². The van der Waals surface area contributed by atoms with Gasteiger partial charge in [0.15, 0.2) is 12.1 Å². The molecule has 0 aliphatic carbocycles. The molecule has 0 saturated carbocycles. The van der Waals surface area contributed by atoms with Gasteiger partial charge in [-0.25, -0.2) is 0 Å². The van der Waals surface area contributed by atoms with Crippen LogP contribution >= 0.6 is 0 Å². The fourth-order valence-corrected chi connectivity index (χ4v) is 0.963. The van der Waals surface area contributed by atoms with Gasteiger partial charge in [0.2, 0.25) is 0 Å². The molecular formula is C14H20O4. The molecule has 0 rings (SSSR count). The van der Waals surface area contributed by atoms with Crippen LogP contribution in [0.4, 0.5) is 0 Å². The lowest BCUT2D eigenvalue weighted by Gasteiger charge is -1.99. The molecule has 0 fully saturated rings. The van der Waals surface area contributed by atoms with Crippen LogP contribution in [-0.4, -0.2) is 24.6 Å².